The van der Waals surface area contributed by atoms with Gasteiger partial charge in [-0.05, 0) is 12.3 Å². The maximum Gasteiger partial charge on any atom is 0.216 e. The summed E-state index contributed by atoms with van der Waals surface area (Å²) in [7, 11) is 0. The summed E-state index contributed by atoms with van der Waals surface area (Å²) in [5.74, 6) is 0.691. The van der Waals surface area contributed by atoms with Crippen LogP contribution in [0.5, 0.6) is 0 Å². The average Bonchev–Trinajstić information content (AvgIpc) is 1.97. The van der Waals surface area contributed by atoms with Gasteiger partial charge in [0.2, 0.25) is 5.91 Å². The highest BCUT2D eigenvalue weighted by atomic mass is 79.9. The van der Waals surface area contributed by atoms with E-state index in [1.807, 2.05) is 0 Å². The number of carbonyl (C=O) groups is 1. The number of alkyl halides is 1. The van der Waals surface area contributed by atoms with E-state index in [1.165, 1.54) is 0 Å². The van der Waals surface area contributed by atoms with Gasteiger partial charge in [-0.2, -0.15) is 0 Å². The number of nitrogens with one attached hydrogen (secondary N) is 1. The predicted molar refractivity (Wildman–Crippen MR) is 50.9 cm³/mol. The van der Waals surface area contributed by atoms with E-state index in [2.05, 4.69) is 28.2 Å². The van der Waals surface area contributed by atoms with Gasteiger partial charge in [0.1, 0.15) is 0 Å². The average molecular weight is 222 g/mol. The van der Waals surface area contributed by atoms with Crippen molar-refractivity contribution in [2.75, 3.05) is 11.9 Å². The van der Waals surface area contributed by atoms with Crippen LogP contribution in [0.15, 0.2) is 0 Å². The minimum atomic E-state index is 0.0676. The Balaban J connectivity index is 3.43. The van der Waals surface area contributed by atoms with Crippen molar-refractivity contribution < 1.29 is 4.79 Å². The third-order valence-electron chi connectivity index (χ3n) is 1.73. The third-order valence-corrected chi connectivity index (χ3v) is 2.19. The summed E-state index contributed by atoms with van der Waals surface area (Å²) < 4.78 is 0. The van der Waals surface area contributed by atoms with E-state index in [-0.39, 0.29) is 5.91 Å². The summed E-state index contributed by atoms with van der Waals surface area (Å²) in [4.78, 5) is 10.5. The van der Waals surface area contributed by atoms with E-state index in [1.54, 1.807) is 6.92 Å². The molecule has 0 rings (SSSR count). The Labute approximate surface area is 76.9 Å². The van der Waals surface area contributed by atoms with E-state index in [0.717, 1.165) is 24.7 Å². The molecule has 0 aromatic carbocycles. The molecule has 0 bridgehead atoms. The van der Waals surface area contributed by atoms with Gasteiger partial charge in [0.15, 0.2) is 0 Å². The van der Waals surface area contributed by atoms with Gasteiger partial charge in [0.25, 0.3) is 0 Å². The van der Waals surface area contributed by atoms with Crippen LogP contribution in [0, 0.1) is 5.92 Å². The first-order chi connectivity index (χ1) is 5.20. The Bertz CT molecular complexity index is 117. The van der Waals surface area contributed by atoms with E-state index >= 15 is 0 Å². The zero-order valence-electron chi connectivity index (χ0n) is 7.19. The second kappa shape index (κ2) is 6.65. The zero-order chi connectivity index (χ0) is 8.69. The van der Waals surface area contributed by atoms with Crippen LogP contribution in [0.4, 0.5) is 0 Å². The lowest BCUT2D eigenvalue weighted by Crippen LogP contribution is -2.26. The fraction of sp³-hybridized carbons (Fsp3) is 0.875. The van der Waals surface area contributed by atoms with E-state index < -0.39 is 0 Å². The second-order valence-electron chi connectivity index (χ2n) is 2.69. The Morgan fingerprint density at radius 3 is 2.64 bits per heavy atom. The highest BCUT2D eigenvalue weighted by Crippen LogP contribution is 2.07. The van der Waals surface area contributed by atoms with Crippen LogP contribution in [0.3, 0.4) is 0 Å². The molecule has 0 aliphatic carbocycles. The van der Waals surface area contributed by atoms with Crippen LogP contribution in [0.25, 0.3) is 0 Å². The molecule has 11 heavy (non-hydrogen) atoms. The van der Waals surface area contributed by atoms with Crippen molar-refractivity contribution in [2.24, 2.45) is 5.92 Å². The van der Waals surface area contributed by atoms with Gasteiger partial charge in [-0.3, -0.25) is 4.79 Å². The summed E-state index contributed by atoms with van der Waals surface area (Å²) in [5.41, 5.74) is 0. The first-order valence-electron chi connectivity index (χ1n) is 4.01. The molecule has 0 saturated carbocycles. The van der Waals surface area contributed by atoms with Crippen molar-refractivity contribution in [1.29, 1.82) is 0 Å². The number of halogens is 1. The van der Waals surface area contributed by atoms with E-state index in [0.29, 0.717) is 5.92 Å². The maximum atomic E-state index is 10.5. The predicted octanol–water partition coefficient (Wildman–Crippen LogP) is 1.93. The standard InChI is InChI=1S/C8H16BrNO/c1-3-8(4-5-9)6-10-7(2)11/h8H,3-6H2,1-2H3,(H,10,11). The van der Waals surface area contributed by atoms with Crippen molar-refractivity contribution >= 4 is 21.8 Å². The molecule has 0 fully saturated rings. The van der Waals surface area contributed by atoms with Gasteiger partial charge < -0.3 is 5.32 Å². The Hall–Kier alpha value is -0.0500. The SMILES string of the molecule is CCC(CCBr)CNC(C)=O. The summed E-state index contributed by atoms with van der Waals surface area (Å²) in [5, 5.41) is 3.84. The minimum Gasteiger partial charge on any atom is -0.356 e. The van der Waals surface area contributed by atoms with Crippen LogP contribution in [-0.2, 0) is 4.79 Å². The highest BCUT2D eigenvalue weighted by molar-refractivity contribution is 9.09. The fourth-order valence-electron chi connectivity index (χ4n) is 0.893. The van der Waals surface area contributed by atoms with Crippen molar-refractivity contribution in [3.8, 4) is 0 Å². The molecular formula is C8H16BrNO. The summed E-state index contributed by atoms with van der Waals surface area (Å²) >= 11 is 3.39. The number of hydrogen-bond donors (Lipinski definition) is 1. The molecule has 0 radical (unpaired) electrons. The van der Waals surface area contributed by atoms with Crippen LogP contribution >= 0.6 is 15.9 Å². The third kappa shape index (κ3) is 6.35. The van der Waals surface area contributed by atoms with E-state index in [9.17, 15) is 4.79 Å². The molecule has 1 unspecified atom stereocenters. The Morgan fingerprint density at radius 2 is 2.27 bits per heavy atom. The zero-order valence-corrected chi connectivity index (χ0v) is 8.78. The fourth-order valence-corrected chi connectivity index (χ4v) is 1.54. The topological polar surface area (TPSA) is 29.1 Å². The van der Waals surface area contributed by atoms with Crippen molar-refractivity contribution in [1.82, 2.24) is 5.32 Å². The summed E-state index contributed by atoms with van der Waals surface area (Å²) in [6, 6.07) is 0. The van der Waals surface area contributed by atoms with Gasteiger partial charge in [-0.15, -0.1) is 0 Å². The quantitative estimate of drug-likeness (QED) is 0.707. The molecule has 1 N–H and O–H groups in total. The Morgan fingerprint density at radius 1 is 1.64 bits per heavy atom. The van der Waals surface area contributed by atoms with Gasteiger partial charge in [0.05, 0.1) is 0 Å². The summed E-state index contributed by atoms with van der Waals surface area (Å²) in [6.45, 7) is 4.52. The lowest BCUT2D eigenvalue weighted by Gasteiger charge is -2.12. The number of hydrogen-bond acceptors (Lipinski definition) is 1. The largest absolute Gasteiger partial charge is 0.356 e. The monoisotopic (exact) mass is 221 g/mol. The molecule has 3 heteroatoms. The molecular weight excluding hydrogens is 206 g/mol. The van der Waals surface area contributed by atoms with Gasteiger partial charge in [0, 0.05) is 18.8 Å². The molecule has 1 amide bonds. The highest BCUT2D eigenvalue weighted by Gasteiger charge is 2.04. The van der Waals surface area contributed by atoms with Gasteiger partial charge in [-0.25, -0.2) is 0 Å². The minimum absolute atomic E-state index is 0.0676. The molecule has 1 atom stereocenters. The number of amides is 1. The summed E-state index contributed by atoms with van der Waals surface area (Å²) in [6.07, 6.45) is 2.27. The number of carbonyl (C=O) groups excluding carboxylic acids is 1. The van der Waals surface area contributed by atoms with Gasteiger partial charge >= 0.3 is 0 Å². The van der Waals surface area contributed by atoms with Crippen molar-refractivity contribution in [2.45, 2.75) is 26.7 Å². The second-order valence-corrected chi connectivity index (χ2v) is 3.48. The molecule has 0 aromatic rings. The molecule has 0 aromatic heterocycles. The van der Waals surface area contributed by atoms with Crippen molar-refractivity contribution in [3.05, 3.63) is 0 Å². The number of rotatable bonds is 5. The molecule has 0 aliphatic rings. The lowest BCUT2D eigenvalue weighted by molar-refractivity contribution is -0.119. The maximum absolute atomic E-state index is 10.5. The van der Waals surface area contributed by atoms with Crippen LogP contribution < -0.4 is 5.32 Å². The molecule has 0 aliphatic heterocycles. The molecule has 66 valence electrons. The molecule has 0 heterocycles. The van der Waals surface area contributed by atoms with Crippen LogP contribution in [0.2, 0.25) is 0 Å². The Kier molecular flexibility index (Phi) is 6.62. The van der Waals surface area contributed by atoms with Crippen LogP contribution in [-0.4, -0.2) is 17.8 Å². The smallest absolute Gasteiger partial charge is 0.216 e. The van der Waals surface area contributed by atoms with E-state index in [4.69, 9.17) is 0 Å². The van der Waals surface area contributed by atoms with Crippen LogP contribution in [0.1, 0.15) is 26.7 Å². The van der Waals surface area contributed by atoms with Crippen molar-refractivity contribution in [3.63, 3.8) is 0 Å². The first-order valence-corrected chi connectivity index (χ1v) is 5.13. The lowest BCUT2D eigenvalue weighted by atomic mass is 10.0. The first kappa shape index (κ1) is 11.0. The molecule has 2 nitrogen and oxygen atoms in total. The van der Waals surface area contributed by atoms with Gasteiger partial charge in [-0.1, -0.05) is 29.3 Å². The molecule has 0 saturated heterocycles. The normalized spacial score (nSPS) is 12.6. The molecule has 0 spiro atoms.